The van der Waals surface area contributed by atoms with Crippen molar-refractivity contribution in [1.82, 2.24) is 0 Å². The summed E-state index contributed by atoms with van der Waals surface area (Å²) in [5.41, 5.74) is 3.44. The fourth-order valence-corrected chi connectivity index (χ4v) is 4.95. The van der Waals surface area contributed by atoms with Gasteiger partial charge < -0.3 is 9.47 Å². The SMILES string of the molecule is CCc1ccc(-c2ccc(C3CCC(COc4ccc(C5CO5)cc4F)CC3)c(F)c2F)cc1. The Morgan fingerprint density at radius 3 is 2.26 bits per heavy atom. The third-order valence-electron chi connectivity index (χ3n) is 7.21. The molecule has 3 aromatic carbocycles. The molecule has 0 amide bonds. The molecule has 0 bridgehead atoms. The zero-order valence-electron chi connectivity index (χ0n) is 19.3. The lowest BCUT2D eigenvalue weighted by atomic mass is 9.78. The van der Waals surface area contributed by atoms with Crippen molar-refractivity contribution in [1.29, 1.82) is 0 Å². The van der Waals surface area contributed by atoms with Crippen LogP contribution in [0, 0.1) is 23.4 Å². The highest BCUT2D eigenvalue weighted by Gasteiger charge is 2.28. The van der Waals surface area contributed by atoms with Gasteiger partial charge in [-0.1, -0.05) is 49.4 Å². The molecule has 2 nitrogen and oxygen atoms in total. The van der Waals surface area contributed by atoms with Crippen molar-refractivity contribution in [2.45, 2.75) is 51.0 Å². The largest absolute Gasteiger partial charge is 0.490 e. The van der Waals surface area contributed by atoms with E-state index in [4.69, 9.17) is 9.47 Å². The summed E-state index contributed by atoms with van der Waals surface area (Å²) in [5, 5.41) is 0. The highest BCUT2D eigenvalue weighted by atomic mass is 19.2. The average Bonchev–Trinajstić information content (AvgIpc) is 3.71. The third kappa shape index (κ3) is 4.85. The molecule has 0 N–H and O–H groups in total. The Morgan fingerprint density at radius 2 is 1.62 bits per heavy atom. The molecule has 2 fully saturated rings. The van der Waals surface area contributed by atoms with E-state index in [-0.39, 0.29) is 29.5 Å². The predicted octanol–water partition coefficient (Wildman–Crippen LogP) is 7.76. The van der Waals surface area contributed by atoms with Crippen LogP contribution < -0.4 is 4.74 Å². The van der Waals surface area contributed by atoms with E-state index in [0.717, 1.165) is 43.2 Å². The number of aryl methyl sites for hydroxylation is 1. The lowest BCUT2D eigenvalue weighted by molar-refractivity contribution is 0.193. The molecular weight excluding hydrogens is 437 g/mol. The van der Waals surface area contributed by atoms with E-state index in [1.807, 2.05) is 30.3 Å². The van der Waals surface area contributed by atoms with E-state index in [9.17, 15) is 8.78 Å². The first-order valence-corrected chi connectivity index (χ1v) is 12.1. The highest BCUT2D eigenvalue weighted by Crippen LogP contribution is 2.39. The maximum atomic E-state index is 15.0. The van der Waals surface area contributed by atoms with Gasteiger partial charge in [-0.05, 0) is 78.3 Å². The van der Waals surface area contributed by atoms with Crippen molar-refractivity contribution < 1.29 is 22.6 Å². The first kappa shape index (κ1) is 23.0. The van der Waals surface area contributed by atoms with Crippen LogP contribution in [0.3, 0.4) is 0 Å². The number of halogens is 3. The molecule has 34 heavy (non-hydrogen) atoms. The van der Waals surface area contributed by atoms with Crippen LogP contribution in [0.25, 0.3) is 11.1 Å². The van der Waals surface area contributed by atoms with Crippen LogP contribution in [0.15, 0.2) is 54.6 Å². The minimum absolute atomic E-state index is 0.0136. The first-order valence-electron chi connectivity index (χ1n) is 12.1. The Hall–Kier alpha value is -2.79. The van der Waals surface area contributed by atoms with E-state index in [2.05, 4.69) is 6.92 Å². The third-order valence-corrected chi connectivity index (χ3v) is 7.21. The van der Waals surface area contributed by atoms with Gasteiger partial charge in [0.1, 0.15) is 6.10 Å². The van der Waals surface area contributed by atoms with Gasteiger partial charge in [-0.15, -0.1) is 0 Å². The van der Waals surface area contributed by atoms with E-state index >= 15 is 4.39 Å². The topological polar surface area (TPSA) is 21.8 Å². The summed E-state index contributed by atoms with van der Waals surface area (Å²) in [5.74, 6) is -1.38. The summed E-state index contributed by atoms with van der Waals surface area (Å²) in [6.07, 6.45) is 4.11. The van der Waals surface area contributed by atoms with Gasteiger partial charge in [0.05, 0.1) is 13.2 Å². The number of ether oxygens (including phenoxy) is 2. The van der Waals surface area contributed by atoms with Crippen molar-refractivity contribution in [3.8, 4) is 16.9 Å². The lowest BCUT2D eigenvalue weighted by Gasteiger charge is -2.29. The van der Waals surface area contributed by atoms with Crippen LogP contribution in [0.5, 0.6) is 5.75 Å². The molecule has 1 saturated heterocycles. The summed E-state index contributed by atoms with van der Waals surface area (Å²) >= 11 is 0. The molecule has 1 heterocycles. The summed E-state index contributed by atoms with van der Waals surface area (Å²) in [6.45, 7) is 3.12. The zero-order chi connectivity index (χ0) is 23.7. The fraction of sp³-hybridized carbons (Fsp3) is 0.379. The Morgan fingerprint density at radius 1 is 0.882 bits per heavy atom. The van der Waals surface area contributed by atoms with Gasteiger partial charge >= 0.3 is 0 Å². The standard InChI is InChI=1S/C29H29F3O2/c1-2-18-3-7-20(8-4-18)23-12-13-24(29(32)28(23)31)21-9-5-19(6-10-21)16-33-26-14-11-22(15-25(26)30)27-17-34-27/h3-4,7-8,11-15,19,21,27H,2,5-6,9-10,16-17H2,1H3. The van der Waals surface area contributed by atoms with Crippen LogP contribution in [0.4, 0.5) is 13.2 Å². The average molecular weight is 467 g/mol. The van der Waals surface area contributed by atoms with Crippen LogP contribution in [-0.2, 0) is 11.2 Å². The summed E-state index contributed by atoms with van der Waals surface area (Å²) in [7, 11) is 0. The van der Waals surface area contributed by atoms with Crippen LogP contribution in [-0.4, -0.2) is 13.2 Å². The van der Waals surface area contributed by atoms with E-state index in [0.29, 0.717) is 29.9 Å². The molecule has 3 aromatic rings. The Balaban J connectivity index is 1.19. The van der Waals surface area contributed by atoms with Gasteiger partial charge in [-0.3, -0.25) is 0 Å². The molecule has 0 radical (unpaired) electrons. The molecular formula is C29H29F3O2. The van der Waals surface area contributed by atoms with Crippen LogP contribution in [0.2, 0.25) is 0 Å². The van der Waals surface area contributed by atoms with E-state index in [1.165, 1.54) is 6.07 Å². The van der Waals surface area contributed by atoms with Gasteiger partial charge in [0.15, 0.2) is 23.2 Å². The molecule has 0 spiro atoms. The molecule has 1 aliphatic carbocycles. The van der Waals surface area contributed by atoms with Gasteiger partial charge in [0.2, 0.25) is 0 Å². The molecule has 5 rings (SSSR count). The Kier molecular flexibility index (Phi) is 6.64. The molecule has 2 aliphatic rings. The summed E-state index contributed by atoms with van der Waals surface area (Å²) in [4.78, 5) is 0. The Labute approximate surface area is 198 Å². The van der Waals surface area contributed by atoms with Crippen molar-refractivity contribution in [3.05, 3.63) is 88.7 Å². The summed E-state index contributed by atoms with van der Waals surface area (Å²) in [6, 6.07) is 16.0. The van der Waals surface area contributed by atoms with Gasteiger partial charge in [0, 0.05) is 5.56 Å². The van der Waals surface area contributed by atoms with Gasteiger partial charge in [-0.2, -0.15) is 0 Å². The van der Waals surface area contributed by atoms with Gasteiger partial charge in [0.25, 0.3) is 0 Å². The monoisotopic (exact) mass is 466 g/mol. The lowest BCUT2D eigenvalue weighted by Crippen LogP contribution is -2.20. The molecule has 1 atom stereocenters. The minimum Gasteiger partial charge on any atom is -0.490 e. The smallest absolute Gasteiger partial charge is 0.166 e. The van der Waals surface area contributed by atoms with Crippen molar-refractivity contribution in [3.63, 3.8) is 0 Å². The number of rotatable bonds is 7. The normalized spacial score (nSPS) is 21.9. The van der Waals surface area contributed by atoms with Crippen molar-refractivity contribution >= 4 is 0 Å². The fourth-order valence-electron chi connectivity index (χ4n) is 4.95. The number of hydrogen-bond acceptors (Lipinski definition) is 2. The van der Waals surface area contributed by atoms with Crippen molar-refractivity contribution in [2.24, 2.45) is 5.92 Å². The van der Waals surface area contributed by atoms with Gasteiger partial charge in [-0.25, -0.2) is 13.2 Å². The van der Waals surface area contributed by atoms with Crippen molar-refractivity contribution in [2.75, 3.05) is 13.2 Å². The zero-order valence-corrected chi connectivity index (χ0v) is 19.3. The summed E-state index contributed by atoms with van der Waals surface area (Å²) < 4.78 is 55.2. The second-order valence-electron chi connectivity index (χ2n) is 9.42. The molecule has 178 valence electrons. The highest BCUT2D eigenvalue weighted by molar-refractivity contribution is 5.65. The molecule has 0 aromatic heterocycles. The van der Waals surface area contributed by atoms with Crippen LogP contribution >= 0.6 is 0 Å². The maximum Gasteiger partial charge on any atom is 0.166 e. The van der Waals surface area contributed by atoms with E-state index < -0.39 is 11.6 Å². The first-order chi connectivity index (χ1) is 16.5. The molecule has 1 unspecified atom stereocenters. The molecule has 1 aliphatic heterocycles. The number of epoxide rings is 1. The minimum atomic E-state index is -0.775. The number of hydrogen-bond donors (Lipinski definition) is 0. The Bertz CT molecular complexity index is 1150. The van der Waals surface area contributed by atoms with E-state index in [1.54, 1.807) is 18.2 Å². The quantitative estimate of drug-likeness (QED) is 0.332. The maximum absolute atomic E-state index is 15.0. The number of benzene rings is 3. The second-order valence-corrected chi connectivity index (χ2v) is 9.42. The predicted molar refractivity (Wildman–Crippen MR) is 126 cm³/mol. The molecule has 1 saturated carbocycles. The van der Waals surface area contributed by atoms with Crippen LogP contribution in [0.1, 0.15) is 61.3 Å². The molecule has 5 heteroatoms. The second kappa shape index (κ2) is 9.83.